The van der Waals surface area contributed by atoms with E-state index in [9.17, 15) is 4.79 Å². The van der Waals surface area contributed by atoms with E-state index in [1.807, 2.05) is 0 Å². The summed E-state index contributed by atoms with van der Waals surface area (Å²) >= 11 is 0. The Bertz CT molecular complexity index is 121. The molecule has 0 radical (unpaired) electrons. The second kappa shape index (κ2) is 6.26. The zero-order valence-corrected chi connectivity index (χ0v) is 6.46. The molecule has 58 valence electrons. The highest BCUT2D eigenvalue weighted by molar-refractivity contribution is 5.73. The van der Waals surface area contributed by atoms with Crippen molar-refractivity contribution in [3.05, 3.63) is 0 Å². The summed E-state index contributed by atoms with van der Waals surface area (Å²) in [6, 6.07) is 0. The van der Waals surface area contributed by atoms with E-state index in [2.05, 4.69) is 16.7 Å². The van der Waals surface area contributed by atoms with Gasteiger partial charge >= 0.3 is 5.97 Å². The van der Waals surface area contributed by atoms with Crippen LogP contribution in [-0.4, -0.2) is 25.8 Å². The first-order chi connectivity index (χ1) is 4.81. The van der Waals surface area contributed by atoms with E-state index in [1.165, 1.54) is 7.11 Å². The predicted octanol–water partition coefficient (Wildman–Crippen LogP) is 1.03. The molecule has 0 N–H and O–H groups in total. The van der Waals surface area contributed by atoms with Gasteiger partial charge in [-0.2, -0.15) is 0 Å². The van der Waals surface area contributed by atoms with Gasteiger partial charge in [-0.3, -0.25) is 9.79 Å². The van der Waals surface area contributed by atoms with Gasteiger partial charge < -0.3 is 4.74 Å². The lowest BCUT2D eigenvalue weighted by Gasteiger charge is -1.91. The minimum atomic E-state index is -0.285. The van der Waals surface area contributed by atoms with Gasteiger partial charge in [-0.15, -0.1) is 0 Å². The van der Waals surface area contributed by atoms with Crippen molar-refractivity contribution in [1.29, 1.82) is 0 Å². The van der Waals surface area contributed by atoms with Crippen molar-refractivity contribution in [2.24, 2.45) is 4.99 Å². The predicted molar refractivity (Wildman–Crippen MR) is 40.3 cm³/mol. The number of carbonyl (C=O) groups excluding carboxylic acids is 1. The monoisotopic (exact) mass is 143 g/mol. The number of methoxy groups -OCH3 is 1. The summed E-state index contributed by atoms with van der Waals surface area (Å²) in [7, 11) is 1.36. The molecule has 0 heterocycles. The molecule has 0 rings (SSSR count). The molecule has 0 saturated carbocycles. The normalized spacial score (nSPS) is 10.2. The lowest BCUT2D eigenvalue weighted by atomic mass is 10.4. The fraction of sp³-hybridized carbons (Fsp3) is 0.714. The summed E-state index contributed by atoms with van der Waals surface area (Å²) in [5.41, 5.74) is 0. The van der Waals surface area contributed by atoms with E-state index in [-0.39, 0.29) is 12.5 Å². The van der Waals surface area contributed by atoms with Crippen molar-refractivity contribution >= 4 is 12.2 Å². The van der Waals surface area contributed by atoms with Crippen LogP contribution in [-0.2, 0) is 9.53 Å². The first-order valence-corrected chi connectivity index (χ1v) is 3.36. The Kier molecular flexibility index (Phi) is 5.72. The second-order valence-electron chi connectivity index (χ2n) is 1.89. The van der Waals surface area contributed by atoms with Crippen molar-refractivity contribution in [2.75, 3.05) is 13.7 Å². The maximum Gasteiger partial charge on any atom is 0.327 e. The van der Waals surface area contributed by atoms with Crippen molar-refractivity contribution < 1.29 is 9.53 Å². The van der Waals surface area contributed by atoms with Crippen LogP contribution in [0.15, 0.2) is 4.99 Å². The molecule has 0 aliphatic carbocycles. The quantitative estimate of drug-likeness (QED) is 0.435. The zero-order valence-electron chi connectivity index (χ0n) is 6.46. The van der Waals surface area contributed by atoms with Crippen LogP contribution in [0.2, 0.25) is 0 Å². The molecule has 0 aliphatic rings. The standard InChI is InChI=1S/C7H13NO2/c1-3-4-5-8-6-7(9)10-2/h5H,3-4,6H2,1-2H3. The first kappa shape index (κ1) is 9.14. The van der Waals surface area contributed by atoms with Gasteiger partial charge in [-0.1, -0.05) is 13.3 Å². The molecular weight excluding hydrogens is 130 g/mol. The zero-order chi connectivity index (χ0) is 7.82. The largest absolute Gasteiger partial charge is 0.468 e. The number of esters is 1. The van der Waals surface area contributed by atoms with E-state index in [0.717, 1.165) is 12.8 Å². The Morgan fingerprint density at radius 3 is 2.90 bits per heavy atom. The molecule has 0 bridgehead atoms. The van der Waals surface area contributed by atoms with E-state index in [1.54, 1.807) is 6.21 Å². The van der Waals surface area contributed by atoms with Crippen LogP contribution in [0.3, 0.4) is 0 Å². The van der Waals surface area contributed by atoms with Crippen LogP contribution in [0.4, 0.5) is 0 Å². The summed E-state index contributed by atoms with van der Waals surface area (Å²) in [5, 5.41) is 0. The number of hydrogen-bond donors (Lipinski definition) is 0. The van der Waals surface area contributed by atoms with Gasteiger partial charge in [0.1, 0.15) is 6.54 Å². The molecule has 0 amide bonds. The van der Waals surface area contributed by atoms with E-state index >= 15 is 0 Å². The van der Waals surface area contributed by atoms with Gasteiger partial charge in [0.25, 0.3) is 0 Å². The third kappa shape index (κ3) is 5.28. The lowest BCUT2D eigenvalue weighted by molar-refractivity contribution is -0.138. The highest BCUT2D eigenvalue weighted by Crippen LogP contribution is 1.81. The molecule has 0 aromatic rings. The average molecular weight is 143 g/mol. The van der Waals surface area contributed by atoms with Crippen LogP contribution in [0.5, 0.6) is 0 Å². The average Bonchev–Trinajstić information content (AvgIpc) is 1.98. The smallest absolute Gasteiger partial charge is 0.327 e. The molecular formula is C7H13NO2. The van der Waals surface area contributed by atoms with Gasteiger partial charge in [0.15, 0.2) is 0 Å². The molecule has 0 unspecified atom stereocenters. The van der Waals surface area contributed by atoms with Crippen LogP contribution < -0.4 is 0 Å². The summed E-state index contributed by atoms with van der Waals surface area (Å²) < 4.78 is 4.38. The van der Waals surface area contributed by atoms with Gasteiger partial charge in [0.05, 0.1) is 7.11 Å². The van der Waals surface area contributed by atoms with Gasteiger partial charge in [-0.05, 0) is 12.6 Å². The third-order valence-corrected chi connectivity index (χ3v) is 0.995. The number of nitrogens with zero attached hydrogens (tertiary/aromatic N) is 1. The molecule has 0 spiro atoms. The molecule has 3 heteroatoms. The van der Waals surface area contributed by atoms with Crippen LogP contribution in [0, 0.1) is 0 Å². The number of aliphatic imine (C=N–C) groups is 1. The molecule has 0 atom stereocenters. The molecule has 10 heavy (non-hydrogen) atoms. The highest BCUT2D eigenvalue weighted by atomic mass is 16.5. The first-order valence-electron chi connectivity index (χ1n) is 3.36. The van der Waals surface area contributed by atoms with Crippen LogP contribution >= 0.6 is 0 Å². The SMILES string of the molecule is CCCC=NCC(=O)OC. The molecule has 0 aromatic heterocycles. The molecule has 0 saturated heterocycles. The maximum absolute atomic E-state index is 10.4. The van der Waals surface area contributed by atoms with Gasteiger partial charge in [0.2, 0.25) is 0 Å². The summed E-state index contributed by atoms with van der Waals surface area (Å²) in [5.74, 6) is -0.285. The third-order valence-electron chi connectivity index (χ3n) is 0.995. The topological polar surface area (TPSA) is 38.7 Å². The highest BCUT2D eigenvalue weighted by Gasteiger charge is 1.92. The lowest BCUT2D eigenvalue weighted by Crippen LogP contribution is -2.03. The molecule has 3 nitrogen and oxygen atoms in total. The molecule has 0 aliphatic heterocycles. The number of carbonyl (C=O) groups is 1. The Balaban J connectivity index is 3.25. The Labute approximate surface area is 61.1 Å². The Morgan fingerprint density at radius 1 is 1.70 bits per heavy atom. The van der Waals surface area contributed by atoms with Crippen LogP contribution in [0.1, 0.15) is 19.8 Å². The van der Waals surface area contributed by atoms with Crippen molar-refractivity contribution in [1.82, 2.24) is 0 Å². The second-order valence-corrected chi connectivity index (χ2v) is 1.89. The summed E-state index contributed by atoms with van der Waals surface area (Å²) in [4.78, 5) is 14.3. The molecule has 0 fully saturated rings. The number of ether oxygens (including phenoxy) is 1. The fourth-order valence-corrected chi connectivity index (χ4v) is 0.424. The Hall–Kier alpha value is -0.860. The van der Waals surface area contributed by atoms with Crippen molar-refractivity contribution in [3.63, 3.8) is 0 Å². The van der Waals surface area contributed by atoms with Crippen molar-refractivity contribution in [2.45, 2.75) is 19.8 Å². The van der Waals surface area contributed by atoms with E-state index in [0.29, 0.717) is 0 Å². The minimum absolute atomic E-state index is 0.149. The van der Waals surface area contributed by atoms with E-state index < -0.39 is 0 Å². The summed E-state index contributed by atoms with van der Waals surface area (Å²) in [6.07, 6.45) is 3.73. The fourth-order valence-electron chi connectivity index (χ4n) is 0.424. The minimum Gasteiger partial charge on any atom is -0.468 e. The summed E-state index contributed by atoms with van der Waals surface area (Å²) in [6.45, 7) is 2.21. The number of unbranched alkanes of at least 4 members (excludes halogenated alkanes) is 1. The van der Waals surface area contributed by atoms with Crippen LogP contribution in [0.25, 0.3) is 0 Å². The van der Waals surface area contributed by atoms with E-state index in [4.69, 9.17) is 0 Å². The maximum atomic E-state index is 10.4. The number of rotatable bonds is 4. The van der Waals surface area contributed by atoms with Crippen molar-refractivity contribution in [3.8, 4) is 0 Å². The number of hydrogen-bond acceptors (Lipinski definition) is 3. The molecule has 0 aromatic carbocycles. The van der Waals surface area contributed by atoms with Gasteiger partial charge in [0, 0.05) is 0 Å². The van der Waals surface area contributed by atoms with Gasteiger partial charge in [-0.25, -0.2) is 0 Å². The Morgan fingerprint density at radius 2 is 2.40 bits per heavy atom.